The van der Waals surface area contributed by atoms with E-state index in [2.05, 4.69) is 213 Å². The lowest BCUT2D eigenvalue weighted by atomic mass is 9.99. The average molecular weight is 728 g/mol. The van der Waals surface area contributed by atoms with Crippen molar-refractivity contribution in [1.29, 1.82) is 0 Å². The molecule has 13 rings (SSSR count). The van der Waals surface area contributed by atoms with Crippen molar-refractivity contribution in [2.45, 2.75) is 0 Å². The Kier molecular flexibility index (Phi) is 5.92. The van der Waals surface area contributed by atoms with Crippen LogP contribution in [0.2, 0.25) is 0 Å². The molecule has 56 heavy (non-hydrogen) atoms. The molecule has 0 amide bonds. The van der Waals surface area contributed by atoms with Crippen molar-refractivity contribution in [3.8, 4) is 16.8 Å². The molecule has 0 unspecified atom stereocenters. The molecular weight excluding hydrogens is 695 g/mol. The maximum absolute atomic E-state index is 3.17. The van der Waals surface area contributed by atoms with Gasteiger partial charge in [-0.25, -0.2) is 0 Å². The molecule has 0 radical (unpaired) electrons. The molecule has 1 aliphatic heterocycles. The Labute approximate surface area is 323 Å². The van der Waals surface area contributed by atoms with Gasteiger partial charge in [-0.1, -0.05) is 158 Å². The molecule has 0 aliphatic carbocycles. The number of hydrogen-bond acceptors (Lipinski definition) is 0. The predicted molar refractivity (Wildman–Crippen MR) is 238 cm³/mol. The van der Waals surface area contributed by atoms with Gasteiger partial charge >= 0.3 is 8.40 Å². The Morgan fingerprint density at radius 1 is 0.321 bits per heavy atom. The van der Waals surface area contributed by atoms with Crippen LogP contribution in [0.1, 0.15) is 0 Å². The van der Waals surface area contributed by atoms with Gasteiger partial charge in [0.15, 0.2) is 0 Å². The standard InChI is InChI=1S/C52H33N3Si/c1-5-15-34(16-6-1)36-27-30-45-43(33-36)40-28-25-35-26-29-42-50-47(32-31-46-49(50)41-23-13-14-24-44(41)53(46)37-17-7-2-8-18-37)55-52(42)48(35)51(40)54(45)56(55,38-19-9-3-10-20-38)39-21-11-4-12-22-39/h1-33H. The fraction of sp³-hybridized carbons (Fsp3) is 0. The number of benzene rings is 9. The number of fused-ring (bicyclic) bond motifs is 10. The lowest BCUT2D eigenvalue weighted by molar-refractivity contribution is 1.15. The van der Waals surface area contributed by atoms with E-state index in [1.165, 1.54) is 103 Å². The minimum absolute atomic E-state index is 1.17. The van der Waals surface area contributed by atoms with E-state index in [1.54, 1.807) is 0 Å². The summed E-state index contributed by atoms with van der Waals surface area (Å²) in [7, 11) is -3.17. The van der Waals surface area contributed by atoms with E-state index >= 15 is 0 Å². The van der Waals surface area contributed by atoms with E-state index in [0.717, 1.165) is 0 Å². The first kappa shape index (κ1) is 30.2. The highest BCUT2D eigenvalue weighted by Gasteiger charge is 2.49. The van der Waals surface area contributed by atoms with Crippen molar-refractivity contribution in [3.63, 3.8) is 0 Å². The zero-order chi connectivity index (χ0) is 36.5. The second-order valence-corrected chi connectivity index (χ2v) is 18.6. The predicted octanol–water partition coefficient (Wildman–Crippen LogP) is 11.8. The molecule has 0 fully saturated rings. The summed E-state index contributed by atoms with van der Waals surface area (Å²) in [5, 5.41) is 13.2. The lowest BCUT2D eigenvalue weighted by Gasteiger charge is -2.40. The summed E-state index contributed by atoms with van der Waals surface area (Å²) < 4.78 is 8.12. The third kappa shape index (κ3) is 3.67. The first-order chi connectivity index (χ1) is 27.8. The van der Waals surface area contributed by atoms with Crippen molar-refractivity contribution >= 4 is 95.0 Å². The number of nitrogens with zero attached hydrogens (tertiary/aromatic N) is 3. The van der Waals surface area contributed by atoms with Crippen molar-refractivity contribution in [2.24, 2.45) is 0 Å². The Morgan fingerprint density at radius 3 is 1.61 bits per heavy atom. The molecule has 1 aliphatic rings. The van der Waals surface area contributed by atoms with E-state index in [9.17, 15) is 0 Å². The van der Waals surface area contributed by atoms with Crippen LogP contribution in [0.3, 0.4) is 0 Å². The van der Waals surface area contributed by atoms with Crippen LogP contribution in [-0.4, -0.2) is 21.4 Å². The largest absolute Gasteiger partial charge is 0.341 e. The van der Waals surface area contributed by atoms with Crippen molar-refractivity contribution < 1.29 is 0 Å². The Hall–Kier alpha value is -7.14. The normalized spacial score (nSPS) is 13.5. The monoisotopic (exact) mass is 727 g/mol. The van der Waals surface area contributed by atoms with Gasteiger partial charge in [0.2, 0.25) is 0 Å². The number of para-hydroxylation sites is 2. The Bertz CT molecular complexity index is 3520. The maximum Gasteiger partial charge on any atom is 0.340 e. The fourth-order valence-corrected chi connectivity index (χ4v) is 15.5. The van der Waals surface area contributed by atoms with Crippen LogP contribution < -0.4 is 10.4 Å². The highest BCUT2D eigenvalue weighted by atomic mass is 28.3. The van der Waals surface area contributed by atoms with Gasteiger partial charge in [-0.15, -0.1) is 0 Å². The summed E-state index contributed by atoms with van der Waals surface area (Å²) in [6, 6.07) is 74.9. The summed E-state index contributed by atoms with van der Waals surface area (Å²) >= 11 is 0. The number of aromatic nitrogens is 3. The maximum atomic E-state index is 2.84. The number of rotatable bonds is 4. The van der Waals surface area contributed by atoms with Crippen molar-refractivity contribution in [3.05, 3.63) is 200 Å². The van der Waals surface area contributed by atoms with Crippen LogP contribution in [0, 0.1) is 0 Å². The molecule has 0 saturated carbocycles. The number of hydrogen-bond donors (Lipinski definition) is 0. The van der Waals surface area contributed by atoms with Gasteiger partial charge in [-0.2, -0.15) is 0 Å². The highest BCUT2D eigenvalue weighted by Crippen LogP contribution is 2.49. The highest BCUT2D eigenvalue weighted by molar-refractivity contribution is 7.02. The van der Waals surface area contributed by atoms with Gasteiger partial charge in [0, 0.05) is 54.4 Å². The SMILES string of the molecule is c1ccc(-c2ccc3c(c2)c2ccc4ccc5c6c7c8ccccc8n(-c8ccccc8)c7ccc6n6c5c4c2n3[Si]6(c2ccccc2)c2ccccc2)cc1. The average Bonchev–Trinajstić information content (AvgIpc) is 3.92. The van der Waals surface area contributed by atoms with Gasteiger partial charge in [0.1, 0.15) is 0 Å². The molecule has 0 atom stereocenters. The molecule has 3 nitrogen and oxygen atoms in total. The van der Waals surface area contributed by atoms with Gasteiger partial charge in [0.25, 0.3) is 0 Å². The van der Waals surface area contributed by atoms with Crippen LogP contribution >= 0.6 is 0 Å². The molecule has 260 valence electrons. The summed E-state index contributed by atoms with van der Waals surface area (Å²) in [5.74, 6) is 0. The van der Waals surface area contributed by atoms with E-state index in [-0.39, 0.29) is 0 Å². The van der Waals surface area contributed by atoms with E-state index < -0.39 is 8.40 Å². The van der Waals surface area contributed by atoms with Crippen molar-refractivity contribution in [1.82, 2.24) is 13.0 Å². The van der Waals surface area contributed by atoms with Crippen LogP contribution in [0.4, 0.5) is 0 Å². The molecule has 0 saturated heterocycles. The van der Waals surface area contributed by atoms with Crippen LogP contribution in [-0.2, 0) is 0 Å². The first-order valence-electron chi connectivity index (χ1n) is 19.5. The summed E-state index contributed by atoms with van der Waals surface area (Å²) in [6.45, 7) is 0. The molecule has 9 aromatic carbocycles. The zero-order valence-corrected chi connectivity index (χ0v) is 31.4. The van der Waals surface area contributed by atoms with E-state index in [4.69, 9.17) is 0 Å². The Balaban J connectivity index is 1.30. The van der Waals surface area contributed by atoms with Gasteiger partial charge in [0.05, 0.1) is 22.1 Å². The summed E-state index contributed by atoms with van der Waals surface area (Å²) in [5.41, 5.74) is 11.3. The second-order valence-electron chi connectivity index (χ2n) is 15.2. The molecule has 0 N–H and O–H groups in total. The van der Waals surface area contributed by atoms with Crippen molar-refractivity contribution in [2.75, 3.05) is 0 Å². The van der Waals surface area contributed by atoms with E-state index in [0.29, 0.717) is 0 Å². The smallest absolute Gasteiger partial charge is 0.340 e. The minimum Gasteiger partial charge on any atom is -0.341 e. The van der Waals surface area contributed by atoms with Crippen LogP contribution in [0.15, 0.2) is 200 Å². The molecular formula is C52H33N3Si. The molecule has 0 bridgehead atoms. The molecule has 3 aromatic heterocycles. The topological polar surface area (TPSA) is 14.8 Å². The molecule has 4 heteroatoms. The third-order valence-corrected chi connectivity index (χ3v) is 17.1. The van der Waals surface area contributed by atoms with Gasteiger partial charge < -0.3 is 13.0 Å². The quantitative estimate of drug-likeness (QED) is 0.160. The third-order valence-electron chi connectivity index (χ3n) is 12.6. The molecule has 4 heterocycles. The first-order valence-corrected chi connectivity index (χ1v) is 21.3. The van der Waals surface area contributed by atoms with Crippen LogP contribution in [0.25, 0.3) is 93.0 Å². The van der Waals surface area contributed by atoms with Gasteiger partial charge in [-0.3, -0.25) is 0 Å². The zero-order valence-electron chi connectivity index (χ0n) is 30.4. The van der Waals surface area contributed by atoms with Gasteiger partial charge in [-0.05, 0) is 69.4 Å². The molecule has 12 aromatic rings. The second kappa shape index (κ2) is 11.0. The fourth-order valence-electron chi connectivity index (χ4n) is 10.4. The van der Waals surface area contributed by atoms with Crippen LogP contribution in [0.5, 0.6) is 0 Å². The minimum atomic E-state index is -3.17. The Morgan fingerprint density at radius 2 is 0.875 bits per heavy atom. The lowest BCUT2D eigenvalue weighted by Crippen LogP contribution is -2.70. The van der Waals surface area contributed by atoms with E-state index in [1.807, 2.05) is 0 Å². The summed E-state index contributed by atoms with van der Waals surface area (Å²) in [6.07, 6.45) is 0. The molecule has 0 spiro atoms. The summed E-state index contributed by atoms with van der Waals surface area (Å²) in [4.78, 5) is 0.